The molecule has 2 aromatic rings. The summed E-state index contributed by atoms with van der Waals surface area (Å²) in [7, 11) is 1.52. The topological polar surface area (TPSA) is 77.0 Å². The van der Waals surface area contributed by atoms with Gasteiger partial charge in [-0.05, 0) is 42.2 Å². The number of benzene rings is 2. The molecule has 6 heteroatoms. The lowest BCUT2D eigenvalue weighted by molar-refractivity contribution is -0.116. The number of nitrogens with one attached hydrogen (secondary N) is 1. The number of phenolic OH excluding ortho intramolecular Hbond substituents is 1. The van der Waals surface area contributed by atoms with Crippen LogP contribution in [0.5, 0.6) is 23.0 Å². The number of allylic oxidation sites excluding steroid dienone is 2. The third-order valence-corrected chi connectivity index (χ3v) is 5.42. The quantitative estimate of drug-likeness (QED) is 0.845. The summed E-state index contributed by atoms with van der Waals surface area (Å²) in [5.41, 5.74) is 4.54. The summed E-state index contributed by atoms with van der Waals surface area (Å²) in [5, 5.41) is 13.4. The number of ether oxygens (including phenoxy) is 3. The van der Waals surface area contributed by atoms with Crippen molar-refractivity contribution >= 4 is 11.5 Å². The Kier molecular flexibility index (Phi) is 3.53. The van der Waals surface area contributed by atoms with E-state index in [0.717, 1.165) is 40.9 Å². The summed E-state index contributed by atoms with van der Waals surface area (Å²) in [6, 6.07) is 9.13. The molecule has 3 aliphatic rings. The normalized spacial score (nSPS) is 20.0. The molecule has 0 fully saturated rings. The highest BCUT2D eigenvalue weighted by molar-refractivity contribution is 6.01. The van der Waals surface area contributed by atoms with Crippen molar-refractivity contribution < 1.29 is 24.1 Å². The van der Waals surface area contributed by atoms with E-state index in [1.54, 1.807) is 12.1 Å². The van der Waals surface area contributed by atoms with Gasteiger partial charge in [0.15, 0.2) is 28.8 Å². The van der Waals surface area contributed by atoms with Gasteiger partial charge in [-0.15, -0.1) is 0 Å². The molecule has 2 N–H and O–H groups in total. The molecule has 138 valence electrons. The van der Waals surface area contributed by atoms with Gasteiger partial charge in [-0.25, -0.2) is 0 Å². The largest absolute Gasteiger partial charge is 0.504 e. The van der Waals surface area contributed by atoms with E-state index in [4.69, 9.17) is 14.2 Å². The molecular formula is C21H19NO5. The predicted molar refractivity (Wildman–Crippen MR) is 98.6 cm³/mol. The van der Waals surface area contributed by atoms with Crippen LogP contribution in [0.2, 0.25) is 0 Å². The van der Waals surface area contributed by atoms with Gasteiger partial charge in [-0.3, -0.25) is 4.79 Å². The van der Waals surface area contributed by atoms with Crippen molar-refractivity contribution in [2.45, 2.75) is 25.2 Å². The minimum absolute atomic E-state index is 0.0743. The Balaban J connectivity index is 1.73. The number of aromatic hydroxyl groups is 1. The number of hydrogen-bond donors (Lipinski definition) is 2. The molecule has 0 spiro atoms. The van der Waals surface area contributed by atoms with E-state index in [1.807, 2.05) is 18.2 Å². The SMILES string of the molecule is COc1cc([C@H]2C3=C(CCCC3=O)Nc3cc4c(cc32)OCO4)ccc1O. The molecule has 0 unspecified atom stereocenters. The zero-order valence-electron chi connectivity index (χ0n) is 14.9. The molecule has 0 amide bonds. The van der Waals surface area contributed by atoms with Crippen LogP contribution in [0.1, 0.15) is 36.3 Å². The van der Waals surface area contributed by atoms with Gasteiger partial charge in [0.2, 0.25) is 6.79 Å². The molecule has 0 saturated heterocycles. The molecule has 2 aromatic carbocycles. The molecule has 2 aliphatic heterocycles. The maximum Gasteiger partial charge on any atom is 0.231 e. The number of Topliss-reactive ketones (excluding diaryl/α,β-unsaturated/α-hetero) is 1. The Labute approximate surface area is 156 Å². The molecule has 1 atom stereocenters. The third kappa shape index (κ3) is 2.44. The summed E-state index contributed by atoms with van der Waals surface area (Å²) >= 11 is 0. The van der Waals surface area contributed by atoms with Gasteiger partial charge in [0.25, 0.3) is 0 Å². The van der Waals surface area contributed by atoms with Gasteiger partial charge in [-0.2, -0.15) is 0 Å². The average Bonchev–Trinajstić information content (AvgIpc) is 3.13. The standard InChI is InChI=1S/C21H19NO5/c1-25-17-7-11(5-6-15(17)23)20-12-8-18-19(27-10-26-18)9-14(12)22-13-3-2-4-16(24)21(13)20/h5-9,20,22-23H,2-4,10H2,1H3/t20-/m1/s1. The molecule has 0 bridgehead atoms. The highest BCUT2D eigenvalue weighted by Gasteiger charge is 2.36. The van der Waals surface area contributed by atoms with Crippen LogP contribution in [0.3, 0.4) is 0 Å². The summed E-state index contributed by atoms with van der Waals surface area (Å²) < 4.78 is 16.4. The van der Waals surface area contributed by atoms with Gasteiger partial charge < -0.3 is 24.6 Å². The van der Waals surface area contributed by atoms with Gasteiger partial charge in [-0.1, -0.05) is 6.07 Å². The predicted octanol–water partition coefficient (Wildman–Crippen LogP) is 3.69. The number of methoxy groups -OCH3 is 1. The molecule has 0 radical (unpaired) electrons. The first-order valence-electron chi connectivity index (χ1n) is 8.99. The zero-order chi connectivity index (χ0) is 18.5. The smallest absolute Gasteiger partial charge is 0.231 e. The van der Waals surface area contributed by atoms with Crippen molar-refractivity contribution in [1.82, 2.24) is 0 Å². The Morgan fingerprint density at radius 3 is 2.78 bits per heavy atom. The first-order valence-corrected chi connectivity index (χ1v) is 8.99. The molecule has 27 heavy (non-hydrogen) atoms. The zero-order valence-corrected chi connectivity index (χ0v) is 14.9. The van der Waals surface area contributed by atoms with Crippen LogP contribution in [0.4, 0.5) is 5.69 Å². The lowest BCUT2D eigenvalue weighted by Crippen LogP contribution is -2.26. The molecule has 2 heterocycles. The van der Waals surface area contributed by atoms with Crippen LogP contribution in [0.25, 0.3) is 0 Å². The highest BCUT2D eigenvalue weighted by atomic mass is 16.7. The van der Waals surface area contributed by atoms with Crippen LogP contribution < -0.4 is 19.5 Å². The van der Waals surface area contributed by atoms with Crippen molar-refractivity contribution in [3.63, 3.8) is 0 Å². The number of carbonyl (C=O) groups is 1. The lowest BCUT2D eigenvalue weighted by atomic mass is 9.75. The first-order chi connectivity index (χ1) is 13.2. The van der Waals surface area contributed by atoms with Crippen molar-refractivity contribution in [2.24, 2.45) is 0 Å². The molecule has 6 nitrogen and oxygen atoms in total. The van der Waals surface area contributed by atoms with Crippen LogP contribution in [0, 0.1) is 0 Å². The van der Waals surface area contributed by atoms with Crippen molar-refractivity contribution in [2.75, 3.05) is 19.2 Å². The number of ketones is 1. The Morgan fingerprint density at radius 1 is 1.15 bits per heavy atom. The van der Waals surface area contributed by atoms with Crippen molar-refractivity contribution in [1.29, 1.82) is 0 Å². The van der Waals surface area contributed by atoms with Gasteiger partial charge in [0.1, 0.15) is 0 Å². The summed E-state index contributed by atoms with van der Waals surface area (Å²) in [4.78, 5) is 12.8. The molecule has 0 aromatic heterocycles. The lowest BCUT2D eigenvalue weighted by Gasteiger charge is -2.34. The van der Waals surface area contributed by atoms with Gasteiger partial charge in [0.05, 0.1) is 7.11 Å². The fourth-order valence-corrected chi connectivity index (χ4v) is 4.17. The maximum atomic E-state index is 12.8. The Hall–Kier alpha value is -3.15. The Morgan fingerprint density at radius 2 is 1.96 bits per heavy atom. The second kappa shape index (κ2) is 5.94. The number of hydrogen-bond acceptors (Lipinski definition) is 6. The summed E-state index contributed by atoms with van der Waals surface area (Å²) in [6.45, 7) is 0.196. The fraction of sp³-hybridized carbons (Fsp3) is 0.286. The van der Waals surface area contributed by atoms with E-state index in [2.05, 4.69) is 5.32 Å². The van der Waals surface area contributed by atoms with E-state index in [1.165, 1.54) is 7.11 Å². The number of carbonyl (C=O) groups excluding carboxylic acids is 1. The van der Waals surface area contributed by atoms with E-state index in [0.29, 0.717) is 23.7 Å². The van der Waals surface area contributed by atoms with E-state index in [-0.39, 0.29) is 24.2 Å². The van der Waals surface area contributed by atoms with Crippen LogP contribution in [-0.2, 0) is 4.79 Å². The van der Waals surface area contributed by atoms with Crippen molar-refractivity contribution in [3.05, 3.63) is 52.7 Å². The van der Waals surface area contributed by atoms with E-state index in [9.17, 15) is 9.90 Å². The number of fused-ring (bicyclic) bond motifs is 2. The van der Waals surface area contributed by atoms with Gasteiger partial charge >= 0.3 is 0 Å². The van der Waals surface area contributed by atoms with Crippen LogP contribution >= 0.6 is 0 Å². The Bertz CT molecular complexity index is 994. The summed E-state index contributed by atoms with van der Waals surface area (Å²) in [6.07, 6.45) is 2.23. The third-order valence-electron chi connectivity index (χ3n) is 5.42. The fourth-order valence-electron chi connectivity index (χ4n) is 4.17. The molecule has 1 aliphatic carbocycles. The maximum absolute atomic E-state index is 12.8. The molecule has 5 rings (SSSR count). The molecule has 0 saturated carbocycles. The minimum atomic E-state index is -0.243. The monoisotopic (exact) mass is 365 g/mol. The number of rotatable bonds is 2. The second-order valence-corrected chi connectivity index (χ2v) is 6.95. The highest BCUT2D eigenvalue weighted by Crippen LogP contribution is 2.50. The first kappa shape index (κ1) is 16.1. The number of anilines is 1. The van der Waals surface area contributed by atoms with E-state index >= 15 is 0 Å². The molecular weight excluding hydrogens is 346 g/mol. The van der Waals surface area contributed by atoms with Crippen LogP contribution in [0.15, 0.2) is 41.6 Å². The van der Waals surface area contributed by atoms with Crippen molar-refractivity contribution in [3.8, 4) is 23.0 Å². The number of phenols is 1. The average molecular weight is 365 g/mol. The minimum Gasteiger partial charge on any atom is -0.504 e. The second-order valence-electron chi connectivity index (χ2n) is 6.95. The van der Waals surface area contributed by atoms with Crippen LogP contribution in [-0.4, -0.2) is 24.8 Å². The van der Waals surface area contributed by atoms with E-state index < -0.39 is 0 Å². The summed E-state index contributed by atoms with van der Waals surface area (Å²) in [5.74, 6) is 1.76. The van der Waals surface area contributed by atoms with Gasteiger partial charge in [0, 0.05) is 35.4 Å².